The van der Waals surface area contributed by atoms with Crippen molar-refractivity contribution in [1.29, 1.82) is 0 Å². The summed E-state index contributed by atoms with van der Waals surface area (Å²) in [7, 11) is -3.48. The van der Waals surface area contributed by atoms with E-state index in [2.05, 4.69) is 4.72 Å². The van der Waals surface area contributed by atoms with Gasteiger partial charge in [-0.15, -0.1) is 0 Å². The topological polar surface area (TPSA) is 92.7 Å². The van der Waals surface area contributed by atoms with Gasteiger partial charge in [-0.05, 0) is 32.6 Å². The second-order valence-electron chi connectivity index (χ2n) is 6.00. The number of carbonyl (C=O) groups is 1. The van der Waals surface area contributed by atoms with E-state index in [1.807, 2.05) is 0 Å². The second kappa shape index (κ2) is 5.99. The molecule has 2 N–H and O–H groups in total. The van der Waals surface area contributed by atoms with Crippen LogP contribution in [-0.4, -0.2) is 44.0 Å². The molecule has 0 spiro atoms. The Hall–Kier alpha value is -0.660. The van der Waals surface area contributed by atoms with Crippen LogP contribution in [0.3, 0.4) is 0 Å². The van der Waals surface area contributed by atoms with Crippen molar-refractivity contribution in [3.63, 3.8) is 0 Å². The molecule has 2 rings (SSSR count). The number of sulfonamides is 1. The first kappa shape index (κ1) is 15.7. The molecule has 2 unspecified atom stereocenters. The van der Waals surface area contributed by atoms with Crippen molar-refractivity contribution in [1.82, 2.24) is 4.72 Å². The van der Waals surface area contributed by atoms with Gasteiger partial charge in [0.1, 0.15) is 0 Å². The van der Waals surface area contributed by atoms with Gasteiger partial charge in [0.2, 0.25) is 10.0 Å². The lowest BCUT2D eigenvalue weighted by Gasteiger charge is -2.39. The first-order valence-corrected chi connectivity index (χ1v) is 8.73. The third kappa shape index (κ3) is 3.15. The number of ether oxygens (including phenoxy) is 1. The highest BCUT2D eigenvalue weighted by molar-refractivity contribution is 7.90. The summed E-state index contributed by atoms with van der Waals surface area (Å²) in [5.41, 5.74) is -1.00. The standard InChI is InChI=1S/C13H23NO5S/c1-13(12(15)16)7-3-2-4-11(13)14-20(17,18)10-5-8-19-9-6-10/h10-11,14H,2-9H2,1H3,(H,15,16). The minimum Gasteiger partial charge on any atom is -0.481 e. The van der Waals surface area contributed by atoms with Crippen LogP contribution in [0.5, 0.6) is 0 Å². The normalized spacial score (nSPS) is 33.0. The fraction of sp³-hybridized carbons (Fsp3) is 0.923. The summed E-state index contributed by atoms with van der Waals surface area (Å²) >= 11 is 0. The predicted molar refractivity (Wildman–Crippen MR) is 73.9 cm³/mol. The van der Waals surface area contributed by atoms with Gasteiger partial charge in [0.05, 0.1) is 10.7 Å². The maximum absolute atomic E-state index is 12.4. The van der Waals surface area contributed by atoms with Crippen LogP contribution in [0, 0.1) is 5.41 Å². The van der Waals surface area contributed by atoms with Crippen molar-refractivity contribution in [3.8, 4) is 0 Å². The van der Waals surface area contributed by atoms with Crippen LogP contribution in [0.1, 0.15) is 45.4 Å². The smallest absolute Gasteiger partial charge is 0.310 e. The Labute approximate surface area is 119 Å². The van der Waals surface area contributed by atoms with Crippen molar-refractivity contribution < 1.29 is 23.1 Å². The Balaban J connectivity index is 2.11. The lowest BCUT2D eigenvalue weighted by molar-refractivity contribution is -0.151. The zero-order chi connectivity index (χ0) is 14.8. The molecule has 6 nitrogen and oxygen atoms in total. The molecule has 1 heterocycles. The summed E-state index contributed by atoms with van der Waals surface area (Å²) in [5.74, 6) is -0.920. The van der Waals surface area contributed by atoms with E-state index >= 15 is 0 Å². The average Bonchev–Trinajstić information content (AvgIpc) is 2.42. The van der Waals surface area contributed by atoms with Gasteiger partial charge in [-0.1, -0.05) is 12.8 Å². The number of carboxylic acid groups (broad SMARTS) is 1. The van der Waals surface area contributed by atoms with Gasteiger partial charge in [0.15, 0.2) is 0 Å². The second-order valence-corrected chi connectivity index (χ2v) is 7.99. The lowest BCUT2D eigenvalue weighted by atomic mass is 9.72. The van der Waals surface area contributed by atoms with Gasteiger partial charge < -0.3 is 9.84 Å². The molecule has 1 aliphatic heterocycles. The highest BCUT2D eigenvalue weighted by atomic mass is 32.2. The van der Waals surface area contributed by atoms with Crippen molar-refractivity contribution in [2.45, 2.75) is 56.7 Å². The van der Waals surface area contributed by atoms with Crippen LogP contribution in [0.2, 0.25) is 0 Å². The van der Waals surface area contributed by atoms with E-state index in [0.717, 1.165) is 12.8 Å². The van der Waals surface area contributed by atoms with Crippen LogP contribution >= 0.6 is 0 Å². The van der Waals surface area contributed by atoms with Gasteiger partial charge in [0.25, 0.3) is 0 Å². The molecule has 0 aromatic carbocycles. The fourth-order valence-electron chi connectivity index (χ4n) is 3.06. The van der Waals surface area contributed by atoms with Gasteiger partial charge in [0, 0.05) is 19.3 Å². The molecule has 2 atom stereocenters. The van der Waals surface area contributed by atoms with E-state index in [9.17, 15) is 18.3 Å². The van der Waals surface area contributed by atoms with Crippen LogP contribution in [-0.2, 0) is 19.6 Å². The van der Waals surface area contributed by atoms with Crippen LogP contribution in [0.25, 0.3) is 0 Å². The van der Waals surface area contributed by atoms with Crippen LogP contribution < -0.4 is 4.72 Å². The molecule has 116 valence electrons. The highest BCUT2D eigenvalue weighted by Crippen LogP contribution is 2.37. The van der Waals surface area contributed by atoms with E-state index in [-0.39, 0.29) is 0 Å². The minimum atomic E-state index is -3.48. The molecular weight excluding hydrogens is 282 g/mol. The molecule has 2 aliphatic rings. The quantitative estimate of drug-likeness (QED) is 0.812. The summed E-state index contributed by atoms with van der Waals surface area (Å²) in [5, 5.41) is 8.96. The monoisotopic (exact) mass is 305 g/mol. The van der Waals surface area contributed by atoms with Crippen molar-refractivity contribution in [2.24, 2.45) is 5.41 Å². The molecule has 0 radical (unpaired) electrons. The van der Waals surface area contributed by atoms with E-state index in [1.54, 1.807) is 6.92 Å². The van der Waals surface area contributed by atoms with Gasteiger partial charge in [-0.3, -0.25) is 4.79 Å². The van der Waals surface area contributed by atoms with E-state index in [4.69, 9.17) is 4.74 Å². The third-order valence-corrected chi connectivity index (χ3v) is 6.57. The van der Waals surface area contributed by atoms with Crippen molar-refractivity contribution in [2.75, 3.05) is 13.2 Å². The number of aliphatic carboxylic acids is 1. The molecule has 0 bridgehead atoms. The largest absolute Gasteiger partial charge is 0.481 e. The van der Waals surface area contributed by atoms with E-state index in [1.165, 1.54) is 0 Å². The molecule has 2 fully saturated rings. The Kier molecular flexibility index (Phi) is 4.71. The Morgan fingerprint density at radius 3 is 2.50 bits per heavy atom. The molecule has 0 aromatic rings. The van der Waals surface area contributed by atoms with Gasteiger partial charge in [-0.25, -0.2) is 13.1 Å². The SMILES string of the molecule is CC1(C(=O)O)CCCCC1NS(=O)(=O)C1CCOCC1. The molecular formula is C13H23NO5S. The first-order chi connectivity index (χ1) is 9.36. The molecule has 1 saturated heterocycles. The highest BCUT2D eigenvalue weighted by Gasteiger charge is 2.45. The lowest BCUT2D eigenvalue weighted by Crippen LogP contribution is -2.54. The van der Waals surface area contributed by atoms with E-state index < -0.39 is 32.7 Å². The Morgan fingerprint density at radius 2 is 1.90 bits per heavy atom. The summed E-state index contributed by atoms with van der Waals surface area (Å²) in [6.45, 7) is 2.55. The zero-order valence-corrected chi connectivity index (χ0v) is 12.6. The zero-order valence-electron chi connectivity index (χ0n) is 11.8. The Morgan fingerprint density at radius 1 is 1.25 bits per heavy atom. The van der Waals surface area contributed by atoms with Crippen molar-refractivity contribution >= 4 is 16.0 Å². The molecule has 1 aliphatic carbocycles. The third-order valence-electron chi connectivity index (χ3n) is 4.61. The number of carboxylic acids is 1. The molecule has 0 aromatic heterocycles. The maximum Gasteiger partial charge on any atom is 0.310 e. The Bertz CT molecular complexity index is 457. The molecule has 1 saturated carbocycles. The predicted octanol–water partition coefficient (Wildman–Crippen LogP) is 1.12. The number of nitrogens with one attached hydrogen (secondary N) is 1. The number of hydrogen-bond acceptors (Lipinski definition) is 4. The number of hydrogen-bond donors (Lipinski definition) is 2. The summed E-state index contributed by atoms with van der Waals surface area (Å²) < 4.78 is 32.7. The molecule has 20 heavy (non-hydrogen) atoms. The summed E-state index contributed by atoms with van der Waals surface area (Å²) in [6.07, 6.45) is 3.76. The first-order valence-electron chi connectivity index (χ1n) is 7.18. The van der Waals surface area contributed by atoms with Gasteiger partial charge >= 0.3 is 5.97 Å². The van der Waals surface area contributed by atoms with Crippen LogP contribution in [0.15, 0.2) is 0 Å². The van der Waals surface area contributed by atoms with Gasteiger partial charge in [-0.2, -0.15) is 0 Å². The number of rotatable bonds is 4. The summed E-state index contributed by atoms with van der Waals surface area (Å²) in [6, 6.07) is -0.512. The van der Waals surface area contributed by atoms with Crippen molar-refractivity contribution in [3.05, 3.63) is 0 Å². The van der Waals surface area contributed by atoms with E-state index in [0.29, 0.717) is 38.9 Å². The minimum absolute atomic E-state index is 0.451. The summed E-state index contributed by atoms with van der Waals surface area (Å²) in [4.78, 5) is 11.5. The maximum atomic E-state index is 12.4. The average molecular weight is 305 g/mol. The fourth-order valence-corrected chi connectivity index (χ4v) is 4.84. The molecule has 0 amide bonds. The van der Waals surface area contributed by atoms with Crippen LogP contribution in [0.4, 0.5) is 0 Å². The molecule has 7 heteroatoms.